The predicted octanol–water partition coefficient (Wildman–Crippen LogP) is 3.88. The molecular weight excluding hydrogens is 368 g/mol. The Balaban J connectivity index is 1.86. The molecule has 5 nitrogen and oxygen atoms in total. The van der Waals surface area contributed by atoms with Crippen molar-refractivity contribution < 1.29 is 13.2 Å². The number of anilines is 1. The van der Waals surface area contributed by atoms with Crippen molar-refractivity contribution >= 4 is 33.0 Å². The molecule has 0 atom stereocenters. The summed E-state index contributed by atoms with van der Waals surface area (Å²) in [6.07, 6.45) is 0. The lowest BCUT2D eigenvalue weighted by Gasteiger charge is -2.09. The van der Waals surface area contributed by atoms with Crippen LogP contribution >= 0.6 is 11.3 Å². The molecule has 0 aliphatic carbocycles. The molecule has 134 valence electrons. The van der Waals surface area contributed by atoms with Gasteiger partial charge in [0.15, 0.2) is 0 Å². The molecule has 0 unspecified atom stereocenters. The Morgan fingerprint density at radius 2 is 1.65 bits per heavy atom. The molecule has 1 heterocycles. The summed E-state index contributed by atoms with van der Waals surface area (Å²) in [5.41, 5.74) is 3.05. The third-order valence-electron chi connectivity index (χ3n) is 3.97. The molecule has 3 rings (SSSR count). The minimum Gasteiger partial charge on any atom is -0.322 e. The van der Waals surface area contributed by atoms with Crippen molar-refractivity contribution in [3.63, 3.8) is 0 Å². The van der Waals surface area contributed by atoms with Gasteiger partial charge in [-0.3, -0.25) is 4.79 Å². The maximum atomic E-state index is 12.7. The fourth-order valence-corrected chi connectivity index (χ4v) is 4.21. The highest BCUT2D eigenvalue weighted by Gasteiger charge is 2.18. The molecule has 3 aromatic rings. The van der Waals surface area contributed by atoms with Crippen LogP contribution in [-0.2, 0) is 10.0 Å². The smallest absolute Gasteiger partial charge is 0.257 e. The van der Waals surface area contributed by atoms with Gasteiger partial charge in [0.1, 0.15) is 0 Å². The number of hydrogen-bond donors (Lipinski definition) is 2. The number of hydrogen-bond acceptors (Lipinski definition) is 4. The van der Waals surface area contributed by atoms with E-state index in [4.69, 9.17) is 0 Å². The first-order valence-corrected chi connectivity index (χ1v) is 10.3. The van der Waals surface area contributed by atoms with Crippen LogP contribution in [0.4, 0.5) is 5.69 Å². The molecule has 2 aromatic carbocycles. The largest absolute Gasteiger partial charge is 0.322 e. The number of carbonyl (C=O) groups excluding carboxylic acids is 1. The van der Waals surface area contributed by atoms with E-state index in [0.29, 0.717) is 11.3 Å². The van der Waals surface area contributed by atoms with Crippen LogP contribution in [0.25, 0.3) is 11.1 Å². The number of aryl methyl sites for hydroxylation is 1. The molecule has 0 radical (unpaired) electrons. The zero-order valence-corrected chi connectivity index (χ0v) is 15.9. The Morgan fingerprint density at radius 1 is 1.00 bits per heavy atom. The monoisotopic (exact) mass is 386 g/mol. The molecule has 0 aliphatic heterocycles. The first-order valence-electron chi connectivity index (χ1n) is 7.91. The zero-order chi connectivity index (χ0) is 18.7. The van der Waals surface area contributed by atoms with Gasteiger partial charge >= 0.3 is 0 Å². The van der Waals surface area contributed by atoms with Crippen molar-refractivity contribution in [3.8, 4) is 11.1 Å². The van der Waals surface area contributed by atoms with Crippen molar-refractivity contribution in [3.05, 3.63) is 70.4 Å². The molecule has 2 N–H and O–H groups in total. The van der Waals surface area contributed by atoms with Gasteiger partial charge in [-0.25, -0.2) is 13.1 Å². The van der Waals surface area contributed by atoms with Gasteiger partial charge in [0.05, 0.1) is 10.5 Å². The first kappa shape index (κ1) is 18.3. The minimum absolute atomic E-state index is 0.148. The standard InChI is InChI=1S/C19H18N2O3S2/c1-13-18(14-6-4-3-5-7-14)17(12-25-13)19(22)21-15-8-10-16(11-9-15)26(23,24)20-2/h3-12,20H,1-2H3,(H,21,22). The summed E-state index contributed by atoms with van der Waals surface area (Å²) in [5.74, 6) is -0.225. The molecule has 0 fully saturated rings. The van der Waals surface area contributed by atoms with Crippen LogP contribution in [0.1, 0.15) is 15.2 Å². The summed E-state index contributed by atoms with van der Waals surface area (Å²) in [6.45, 7) is 1.99. The molecule has 26 heavy (non-hydrogen) atoms. The van der Waals surface area contributed by atoms with Crippen LogP contribution in [0.15, 0.2) is 64.9 Å². The normalized spacial score (nSPS) is 11.3. The topological polar surface area (TPSA) is 75.3 Å². The van der Waals surface area contributed by atoms with Crippen molar-refractivity contribution in [1.82, 2.24) is 4.72 Å². The average Bonchev–Trinajstić information content (AvgIpc) is 3.04. The minimum atomic E-state index is -3.50. The van der Waals surface area contributed by atoms with Crippen LogP contribution < -0.4 is 10.0 Å². The highest BCUT2D eigenvalue weighted by atomic mass is 32.2. The van der Waals surface area contributed by atoms with Gasteiger partial charge in [0.2, 0.25) is 10.0 Å². The molecule has 0 saturated heterocycles. The highest BCUT2D eigenvalue weighted by molar-refractivity contribution is 7.89. The van der Waals surface area contributed by atoms with E-state index < -0.39 is 10.0 Å². The van der Waals surface area contributed by atoms with Crippen LogP contribution in [0, 0.1) is 6.92 Å². The average molecular weight is 386 g/mol. The van der Waals surface area contributed by atoms with Gasteiger partial charge in [0, 0.05) is 21.5 Å². The van der Waals surface area contributed by atoms with E-state index in [0.717, 1.165) is 16.0 Å². The lowest BCUT2D eigenvalue weighted by Crippen LogP contribution is -2.18. The van der Waals surface area contributed by atoms with E-state index in [2.05, 4.69) is 10.0 Å². The predicted molar refractivity (Wildman–Crippen MR) is 105 cm³/mol. The summed E-state index contributed by atoms with van der Waals surface area (Å²) in [4.78, 5) is 13.9. The van der Waals surface area contributed by atoms with Crippen LogP contribution in [0.2, 0.25) is 0 Å². The summed E-state index contributed by atoms with van der Waals surface area (Å²) in [6, 6.07) is 15.8. The van der Waals surface area contributed by atoms with Crippen molar-refractivity contribution in [2.24, 2.45) is 0 Å². The first-order chi connectivity index (χ1) is 12.4. The van der Waals surface area contributed by atoms with Crippen LogP contribution in [0.5, 0.6) is 0 Å². The maximum absolute atomic E-state index is 12.7. The van der Waals surface area contributed by atoms with E-state index in [1.165, 1.54) is 30.5 Å². The van der Waals surface area contributed by atoms with Gasteiger partial charge in [-0.2, -0.15) is 0 Å². The molecule has 1 aromatic heterocycles. The lowest BCUT2D eigenvalue weighted by atomic mass is 10.0. The number of sulfonamides is 1. The number of nitrogens with one attached hydrogen (secondary N) is 2. The van der Waals surface area contributed by atoms with Gasteiger partial charge in [-0.05, 0) is 43.8 Å². The second kappa shape index (κ2) is 7.41. The Morgan fingerprint density at radius 3 is 2.27 bits per heavy atom. The van der Waals surface area contributed by atoms with E-state index in [9.17, 15) is 13.2 Å². The highest BCUT2D eigenvalue weighted by Crippen LogP contribution is 2.32. The summed E-state index contributed by atoms with van der Waals surface area (Å²) >= 11 is 1.53. The van der Waals surface area contributed by atoms with E-state index in [1.54, 1.807) is 12.1 Å². The van der Waals surface area contributed by atoms with Crippen LogP contribution in [-0.4, -0.2) is 21.4 Å². The summed E-state index contributed by atoms with van der Waals surface area (Å²) in [7, 11) is -2.14. The van der Waals surface area contributed by atoms with Gasteiger partial charge in [-0.15, -0.1) is 11.3 Å². The number of benzene rings is 2. The van der Waals surface area contributed by atoms with Crippen molar-refractivity contribution in [1.29, 1.82) is 0 Å². The molecule has 7 heteroatoms. The number of amides is 1. The third-order valence-corrected chi connectivity index (χ3v) is 6.31. The SMILES string of the molecule is CNS(=O)(=O)c1ccc(NC(=O)c2csc(C)c2-c2ccccc2)cc1. The molecule has 0 saturated carbocycles. The second-order valence-electron chi connectivity index (χ2n) is 5.63. The number of rotatable bonds is 5. The summed E-state index contributed by atoms with van der Waals surface area (Å²) < 4.78 is 25.8. The van der Waals surface area contributed by atoms with Gasteiger partial charge in [-0.1, -0.05) is 30.3 Å². The molecular formula is C19H18N2O3S2. The fourth-order valence-electron chi connectivity index (χ4n) is 2.62. The molecule has 0 bridgehead atoms. The van der Waals surface area contributed by atoms with Crippen molar-refractivity contribution in [2.45, 2.75) is 11.8 Å². The Labute approximate surface area is 156 Å². The Bertz CT molecular complexity index is 1020. The zero-order valence-electron chi connectivity index (χ0n) is 14.3. The van der Waals surface area contributed by atoms with Gasteiger partial charge < -0.3 is 5.32 Å². The lowest BCUT2D eigenvalue weighted by molar-refractivity contribution is 0.102. The quantitative estimate of drug-likeness (QED) is 0.699. The molecule has 0 spiro atoms. The van der Waals surface area contributed by atoms with Crippen LogP contribution in [0.3, 0.4) is 0 Å². The van der Waals surface area contributed by atoms with E-state index in [1.807, 2.05) is 42.6 Å². The number of carbonyl (C=O) groups is 1. The van der Waals surface area contributed by atoms with Crippen molar-refractivity contribution in [2.75, 3.05) is 12.4 Å². The summed E-state index contributed by atoms with van der Waals surface area (Å²) in [5, 5.41) is 4.67. The fraction of sp³-hybridized carbons (Fsp3) is 0.105. The Hall–Kier alpha value is -2.48. The molecule has 1 amide bonds. The maximum Gasteiger partial charge on any atom is 0.257 e. The van der Waals surface area contributed by atoms with Gasteiger partial charge in [0.25, 0.3) is 5.91 Å². The Kier molecular flexibility index (Phi) is 5.22. The van der Waals surface area contributed by atoms with E-state index >= 15 is 0 Å². The third kappa shape index (κ3) is 3.70. The van der Waals surface area contributed by atoms with E-state index in [-0.39, 0.29) is 10.8 Å². The number of thiophene rings is 1. The second-order valence-corrected chi connectivity index (χ2v) is 8.60. The molecule has 0 aliphatic rings.